The van der Waals surface area contributed by atoms with Crippen LogP contribution in [-0.4, -0.2) is 24.7 Å². The molecule has 1 unspecified atom stereocenters. The Morgan fingerprint density at radius 3 is 2.79 bits per heavy atom. The molecule has 4 rings (SSSR count). The maximum atomic E-state index is 12.5. The number of rotatable bonds is 4. The number of anilines is 1. The van der Waals surface area contributed by atoms with Crippen molar-refractivity contribution >= 4 is 28.5 Å². The van der Waals surface area contributed by atoms with E-state index in [2.05, 4.69) is 25.4 Å². The van der Waals surface area contributed by atoms with Gasteiger partial charge in [0.2, 0.25) is 5.95 Å². The van der Waals surface area contributed by atoms with Gasteiger partial charge in [0.05, 0.1) is 23.1 Å². The summed E-state index contributed by atoms with van der Waals surface area (Å²) in [6, 6.07) is 10.7. The van der Waals surface area contributed by atoms with Crippen LogP contribution in [0.5, 0.6) is 0 Å². The number of hydrogen-bond acceptors (Lipinski definition) is 5. The molecule has 0 amide bonds. The van der Waals surface area contributed by atoms with Crippen molar-refractivity contribution in [3.63, 3.8) is 0 Å². The van der Waals surface area contributed by atoms with E-state index in [-0.39, 0.29) is 11.6 Å². The van der Waals surface area contributed by atoms with Crippen molar-refractivity contribution in [2.24, 2.45) is 7.05 Å². The number of benzene rings is 1. The summed E-state index contributed by atoms with van der Waals surface area (Å²) in [5.74, 6) is 0.439. The summed E-state index contributed by atoms with van der Waals surface area (Å²) < 4.78 is 1.78. The van der Waals surface area contributed by atoms with Gasteiger partial charge >= 0.3 is 0 Å². The van der Waals surface area contributed by atoms with Crippen LogP contribution < -0.4 is 10.9 Å². The molecular formula is C20H19ClN6O. The Kier molecular flexibility index (Phi) is 4.60. The fraction of sp³-hybridized carbons (Fsp3) is 0.200. The van der Waals surface area contributed by atoms with Crippen LogP contribution >= 0.6 is 11.6 Å². The monoisotopic (exact) mass is 394 g/mol. The van der Waals surface area contributed by atoms with Crippen LogP contribution in [0.4, 0.5) is 5.95 Å². The van der Waals surface area contributed by atoms with E-state index in [1.54, 1.807) is 23.0 Å². The van der Waals surface area contributed by atoms with Crippen molar-refractivity contribution < 1.29 is 0 Å². The molecule has 142 valence electrons. The van der Waals surface area contributed by atoms with Crippen LogP contribution in [0.1, 0.15) is 24.2 Å². The van der Waals surface area contributed by atoms with Gasteiger partial charge in [0.1, 0.15) is 0 Å². The fourth-order valence-electron chi connectivity index (χ4n) is 3.21. The number of halogens is 1. The zero-order chi connectivity index (χ0) is 19.8. The van der Waals surface area contributed by atoms with Crippen molar-refractivity contribution in [3.8, 4) is 11.4 Å². The smallest absolute Gasteiger partial charge is 0.253 e. The molecule has 3 aromatic heterocycles. The number of nitrogens with zero attached hydrogens (tertiary/aromatic N) is 4. The normalized spacial score (nSPS) is 12.3. The first-order valence-corrected chi connectivity index (χ1v) is 9.21. The molecule has 0 bridgehead atoms. The molecule has 2 N–H and O–H groups in total. The Morgan fingerprint density at radius 1 is 1.21 bits per heavy atom. The van der Waals surface area contributed by atoms with E-state index in [1.165, 1.54) is 0 Å². The lowest BCUT2D eigenvalue weighted by Gasteiger charge is -2.14. The van der Waals surface area contributed by atoms with Crippen molar-refractivity contribution in [2.75, 3.05) is 5.32 Å². The molecule has 0 saturated carbocycles. The van der Waals surface area contributed by atoms with Crippen LogP contribution in [0.3, 0.4) is 0 Å². The van der Waals surface area contributed by atoms with E-state index in [1.807, 2.05) is 45.2 Å². The number of hydrogen-bond donors (Lipinski definition) is 2. The highest BCUT2D eigenvalue weighted by molar-refractivity contribution is 6.31. The summed E-state index contributed by atoms with van der Waals surface area (Å²) >= 11 is 6.08. The van der Waals surface area contributed by atoms with Gasteiger partial charge in [-0.25, -0.2) is 9.97 Å². The molecular weight excluding hydrogens is 376 g/mol. The lowest BCUT2D eigenvalue weighted by Crippen LogP contribution is -2.20. The van der Waals surface area contributed by atoms with Gasteiger partial charge in [0.25, 0.3) is 5.56 Å². The average Bonchev–Trinajstić information content (AvgIpc) is 3.00. The molecule has 0 fully saturated rings. The first-order chi connectivity index (χ1) is 13.4. The van der Waals surface area contributed by atoms with E-state index < -0.39 is 0 Å². The lowest BCUT2D eigenvalue weighted by atomic mass is 10.1. The molecule has 1 aromatic carbocycles. The van der Waals surface area contributed by atoms with Crippen LogP contribution in [0.15, 0.2) is 47.4 Å². The van der Waals surface area contributed by atoms with Gasteiger partial charge < -0.3 is 10.3 Å². The van der Waals surface area contributed by atoms with Crippen molar-refractivity contribution in [1.29, 1.82) is 0 Å². The second kappa shape index (κ2) is 7.09. The topological polar surface area (TPSA) is 88.5 Å². The van der Waals surface area contributed by atoms with E-state index in [9.17, 15) is 4.79 Å². The van der Waals surface area contributed by atoms with Crippen LogP contribution in [0.2, 0.25) is 5.02 Å². The molecule has 1 atom stereocenters. The van der Waals surface area contributed by atoms with Gasteiger partial charge in [-0.2, -0.15) is 5.10 Å². The number of fused-ring (bicyclic) bond motifs is 1. The third-order valence-corrected chi connectivity index (χ3v) is 4.80. The molecule has 0 aliphatic carbocycles. The predicted molar refractivity (Wildman–Crippen MR) is 111 cm³/mol. The number of H-pyrrole nitrogens is 1. The number of pyridine rings is 1. The van der Waals surface area contributed by atoms with Crippen molar-refractivity contribution in [3.05, 3.63) is 69.2 Å². The molecule has 3 heterocycles. The zero-order valence-electron chi connectivity index (χ0n) is 15.7. The van der Waals surface area contributed by atoms with Gasteiger partial charge in [-0.15, -0.1) is 0 Å². The highest BCUT2D eigenvalue weighted by Gasteiger charge is 2.14. The van der Waals surface area contributed by atoms with E-state index in [4.69, 9.17) is 11.6 Å². The quantitative estimate of drug-likeness (QED) is 0.548. The van der Waals surface area contributed by atoms with Crippen LogP contribution in [-0.2, 0) is 7.05 Å². The third-order valence-electron chi connectivity index (χ3n) is 4.57. The summed E-state index contributed by atoms with van der Waals surface area (Å²) in [6.45, 7) is 3.83. The number of aromatic nitrogens is 5. The minimum atomic E-state index is -0.296. The second-order valence-electron chi connectivity index (χ2n) is 6.71. The zero-order valence-corrected chi connectivity index (χ0v) is 16.4. The van der Waals surface area contributed by atoms with Gasteiger partial charge in [0.15, 0.2) is 0 Å². The van der Waals surface area contributed by atoms with Gasteiger partial charge in [-0.1, -0.05) is 11.6 Å². The van der Waals surface area contributed by atoms with E-state index in [0.29, 0.717) is 16.5 Å². The van der Waals surface area contributed by atoms with Gasteiger partial charge in [0, 0.05) is 34.7 Å². The Hall–Kier alpha value is -3.19. The molecule has 28 heavy (non-hydrogen) atoms. The Morgan fingerprint density at radius 2 is 2.04 bits per heavy atom. The third kappa shape index (κ3) is 3.48. The summed E-state index contributed by atoms with van der Waals surface area (Å²) in [6.07, 6.45) is 1.68. The summed E-state index contributed by atoms with van der Waals surface area (Å²) in [4.78, 5) is 24.3. The first kappa shape index (κ1) is 18.2. The molecule has 7 nitrogen and oxygen atoms in total. The summed E-state index contributed by atoms with van der Waals surface area (Å²) in [5, 5.41) is 9.05. The van der Waals surface area contributed by atoms with Crippen molar-refractivity contribution in [2.45, 2.75) is 19.9 Å². The number of nitrogens with one attached hydrogen (secondary N) is 2. The maximum absolute atomic E-state index is 12.5. The molecule has 0 aliphatic rings. The van der Waals surface area contributed by atoms with E-state index in [0.717, 1.165) is 28.0 Å². The standard InChI is InChI=1S/C20H19ClN6O/c1-11-8-18(27(3)26-11)17-6-7-22-20(25-17)23-12(2)15-10-13-9-14(21)4-5-16(13)24-19(15)28/h4-10,12H,1-3H3,(H,24,28)(H,22,23,25). The van der Waals surface area contributed by atoms with Crippen LogP contribution in [0.25, 0.3) is 22.3 Å². The average molecular weight is 395 g/mol. The second-order valence-corrected chi connectivity index (χ2v) is 7.15. The Bertz CT molecular complexity index is 1230. The van der Waals surface area contributed by atoms with Crippen molar-refractivity contribution in [1.82, 2.24) is 24.7 Å². The number of aryl methyl sites for hydroxylation is 2. The Labute approximate surface area is 166 Å². The minimum absolute atomic E-state index is 0.159. The summed E-state index contributed by atoms with van der Waals surface area (Å²) in [7, 11) is 1.87. The molecule has 0 spiro atoms. The molecule has 8 heteroatoms. The Balaban J connectivity index is 1.65. The SMILES string of the molecule is Cc1cc(-c2ccnc(NC(C)c3cc4cc(Cl)ccc4[nH]c3=O)n2)n(C)n1. The largest absolute Gasteiger partial charge is 0.347 e. The van der Waals surface area contributed by atoms with Crippen LogP contribution in [0, 0.1) is 6.92 Å². The molecule has 0 saturated heterocycles. The van der Waals surface area contributed by atoms with Gasteiger partial charge in [-0.3, -0.25) is 9.48 Å². The van der Waals surface area contributed by atoms with Gasteiger partial charge in [-0.05, 0) is 50.2 Å². The highest BCUT2D eigenvalue weighted by Crippen LogP contribution is 2.22. The molecule has 0 aliphatic heterocycles. The van der Waals surface area contributed by atoms with E-state index >= 15 is 0 Å². The number of aromatic amines is 1. The predicted octanol–water partition coefficient (Wildman–Crippen LogP) is 3.85. The fourth-order valence-corrected chi connectivity index (χ4v) is 3.39. The first-order valence-electron chi connectivity index (χ1n) is 8.84. The maximum Gasteiger partial charge on any atom is 0.253 e. The minimum Gasteiger partial charge on any atom is -0.347 e. The molecule has 4 aromatic rings. The summed E-state index contributed by atoms with van der Waals surface area (Å²) in [5.41, 5.74) is 3.74. The molecule has 0 radical (unpaired) electrons. The lowest BCUT2D eigenvalue weighted by molar-refractivity contribution is 0.761. The highest BCUT2D eigenvalue weighted by atomic mass is 35.5.